The Morgan fingerprint density at radius 1 is 1.10 bits per heavy atom. The van der Waals surface area contributed by atoms with Crippen LogP contribution in [0.4, 0.5) is 0 Å². The molecule has 1 atom stereocenters. The Kier molecular flexibility index (Phi) is 5.76. The summed E-state index contributed by atoms with van der Waals surface area (Å²) in [5, 5.41) is 5.36. The summed E-state index contributed by atoms with van der Waals surface area (Å²) >= 11 is 22.0. The highest BCUT2D eigenvalue weighted by molar-refractivity contribution is 9.10. The van der Waals surface area contributed by atoms with Crippen LogP contribution in [0.5, 0.6) is 0 Å². The van der Waals surface area contributed by atoms with E-state index >= 15 is 0 Å². The standard InChI is InChI=1S/C15H13BrCl3N/c1-20-15(10-6-5-9(17)7-12(10)16)8-11-13(18)3-2-4-14(11)19/h2-7,15,20H,8H2,1H3. The van der Waals surface area contributed by atoms with Crippen LogP contribution in [0.15, 0.2) is 40.9 Å². The van der Waals surface area contributed by atoms with Gasteiger partial charge in [0.2, 0.25) is 0 Å². The molecule has 0 heterocycles. The summed E-state index contributed by atoms with van der Waals surface area (Å²) in [4.78, 5) is 0. The topological polar surface area (TPSA) is 12.0 Å². The summed E-state index contributed by atoms with van der Waals surface area (Å²) in [6, 6.07) is 11.4. The van der Waals surface area contributed by atoms with Crippen LogP contribution < -0.4 is 5.32 Å². The first-order chi connectivity index (χ1) is 9.52. The maximum atomic E-state index is 6.24. The molecule has 106 valence electrons. The van der Waals surface area contributed by atoms with Crippen LogP contribution in [-0.2, 0) is 6.42 Å². The maximum Gasteiger partial charge on any atom is 0.0453 e. The molecule has 0 saturated heterocycles. The molecule has 0 saturated carbocycles. The number of likely N-dealkylation sites (N-methyl/N-ethyl adjacent to an activating group) is 1. The zero-order valence-corrected chi connectivity index (χ0v) is 14.6. The molecule has 2 rings (SSSR count). The van der Waals surface area contributed by atoms with E-state index in [-0.39, 0.29) is 6.04 Å². The summed E-state index contributed by atoms with van der Waals surface area (Å²) in [5.41, 5.74) is 2.06. The van der Waals surface area contributed by atoms with Gasteiger partial charge in [0.25, 0.3) is 0 Å². The maximum absolute atomic E-state index is 6.24. The molecule has 0 spiro atoms. The van der Waals surface area contributed by atoms with Gasteiger partial charge < -0.3 is 5.32 Å². The van der Waals surface area contributed by atoms with Crippen LogP contribution in [-0.4, -0.2) is 7.05 Å². The Labute approximate surface area is 142 Å². The molecule has 0 aliphatic carbocycles. The predicted molar refractivity (Wildman–Crippen MR) is 91.1 cm³/mol. The lowest BCUT2D eigenvalue weighted by Gasteiger charge is -2.20. The van der Waals surface area contributed by atoms with Crippen LogP contribution in [0, 0.1) is 0 Å². The highest BCUT2D eigenvalue weighted by Crippen LogP contribution is 2.32. The molecule has 0 radical (unpaired) electrons. The fraction of sp³-hybridized carbons (Fsp3) is 0.200. The van der Waals surface area contributed by atoms with E-state index in [9.17, 15) is 0 Å². The SMILES string of the molecule is CNC(Cc1c(Cl)cccc1Cl)c1ccc(Cl)cc1Br. The van der Waals surface area contributed by atoms with Gasteiger partial charge in [-0.1, -0.05) is 62.9 Å². The predicted octanol–water partition coefficient (Wildman–Crippen LogP) is 5.91. The van der Waals surface area contributed by atoms with Gasteiger partial charge in [-0.2, -0.15) is 0 Å². The van der Waals surface area contributed by atoms with Gasteiger partial charge >= 0.3 is 0 Å². The van der Waals surface area contributed by atoms with Gasteiger partial charge in [0, 0.05) is 25.6 Å². The van der Waals surface area contributed by atoms with E-state index in [1.807, 2.05) is 43.4 Å². The molecule has 0 bridgehead atoms. The number of hydrogen-bond donors (Lipinski definition) is 1. The lowest BCUT2D eigenvalue weighted by molar-refractivity contribution is 0.590. The smallest absolute Gasteiger partial charge is 0.0453 e. The molecule has 5 heteroatoms. The van der Waals surface area contributed by atoms with E-state index in [4.69, 9.17) is 34.8 Å². The Hall–Kier alpha value is -0.250. The van der Waals surface area contributed by atoms with Crippen LogP contribution in [0.1, 0.15) is 17.2 Å². The highest BCUT2D eigenvalue weighted by Gasteiger charge is 2.17. The van der Waals surface area contributed by atoms with Gasteiger partial charge in [-0.3, -0.25) is 0 Å². The van der Waals surface area contributed by atoms with Crippen molar-refractivity contribution in [3.05, 3.63) is 67.1 Å². The third-order valence-corrected chi connectivity index (χ3v) is 4.79. The number of benzene rings is 2. The van der Waals surface area contributed by atoms with Gasteiger partial charge in [-0.05, 0) is 48.9 Å². The lowest BCUT2D eigenvalue weighted by atomic mass is 9.99. The van der Waals surface area contributed by atoms with Crippen LogP contribution in [0.25, 0.3) is 0 Å². The highest BCUT2D eigenvalue weighted by atomic mass is 79.9. The minimum Gasteiger partial charge on any atom is -0.313 e. The number of hydrogen-bond acceptors (Lipinski definition) is 1. The molecule has 0 aliphatic rings. The minimum absolute atomic E-state index is 0.0963. The van der Waals surface area contributed by atoms with Crippen molar-refractivity contribution in [3.8, 4) is 0 Å². The summed E-state index contributed by atoms with van der Waals surface area (Å²) in [6.45, 7) is 0. The van der Waals surface area contributed by atoms with Crippen molar-refractivity contribution in [1.29, 1.82) is 0 Å². The normalized spacial score (nSPS) is 12.4. The Morgan fingerprint density at radius 3 is 2.30 bits per heavy atom. The average molecular weight is 394 g/mol. The average Bonchev–Trinajstić information content (AvgIpc) is 2.40. The van der Waals surface area contributed by atoms with Gasteiger partial charge in [0.1, 0.15) is 0 Å². The van der Waals surface area contributed by atoms with Crippen molar-refractivity contribution in [3.63, 3.8) is 0 Å². The van der Waals surface area contributed by atoms with E-state index in [1.54, 1.807) is 0 Å². The van der Waals surface area contributed by atoms with Crippen molar-refractivity contribution in [1.82, 2.24) is 5.32 Å². The Bertz CT molecular complexity index is 596. The van der Waals surface area contributed by atoms with Gasteiger partial charge in [-0.15, -0.1) is 0 Å². The third-order valence-electron chi connectivity index (χ3n) is 3.16. The first-order valence-electron chi connectivity index (χ1n) is 6.08. The molecule has 1 N–H and O–H groups in total. The lowest BCUT2D eigenvalue weighted by Crippen LogP contribution is -2.19. The summed E-state index contributed by atoms with van der Waals surface area (Å²) in [7, 11) is 1.91. The number of halogens is 4. The van der Waals surface area contributed by atoms with Crippen LogP contribution in [0.3, 0.4) is 0 Å². The fourth-order valence-corrected chi connectivity index (χ4v) is 3.59. The monoisotopic (exact) mass is 391 g/mol. The van der Waals surface area contributed by atoms with Gasteiger partial charge in [-0.25, -0.2) is 0 Å². The zero-order chi connectivity index (χ0) is 14.7. The van der Waals surface area contributed by atoms with Crippen LogP contribution >= 0.6 is 50.7 Å². The molecule has 0 aliphatic heterocycles. The molecular weight excluding hydrogens is 380 g/mol. The van der Waals surface area contributed by atoms with Crippen molar-refractivity contribution in [2.24, 2.45) is 0 Å². The molecule has 1 unspecified atom stereocenters. The second kappa shape index (κ2) is 7.15. The van der Waals surface area contributed by atoms with E-state index in [1.165, 1.54) is 0 Å². The molecule has 0 fully saturated rings. The Balaban J connectivity index is 2.34. The van der Waals surface area contributed by atoms with E-state index in [0.717, 1.165) is 15.6 Å². The van der Waals surface area contributed by atoms with Crippen molar-refractivity contribution >= 4 is 50.7 Å². The van der Waals surface area contributed by atoms with Gasteiger partial charge in [0.15, 0.2) is 0 Å². The van der Waals surface area contributed by atoms with Crippen molar-refractivity contribution < 1.29 is 0 Å². The summed E-state index contributed by atoms with van der Waals surface area (Å²) < 4.78 is 0.965. The second-order valence-corrected chi connectivity index (χ2v) is 6.52. The third kappa shape index (κ3) is 3.69. The number of nitrogens with one attached hydrogen (secondary N) is 1. The van der Waals surface area contributed by atoms with E-state index in [0.29, 0.717) is 21.5 Å². The molecule has 0 aromatic heterocycles. The van der Waals surface area contributed by atoms with E-state index in [2.05, 4.69) is 21.2 Å². The molecular formula is C15H13BrCl3N. The Morgan fingerprint density at radius 2 is 1.75 bits per heavy atom. The molecule has 1 nitrogen and oxygen atoms in total. The fourth-order valence-electron chi connectivity index (χ4n) is 2.08. The second-order valence-electron chi connectivity index (χ2n) is 4.41. The summed E-state index contributed by atoms with van der Waals surface area (Å²) in [5.74, 6) is 0. The molecule has 20 heavy (non-hydrogen) atoms. The quantitative estimate of drug-likeness (QED) is 0.681. The van der Waals surface area contributed by atoms with Gasteiger partial charge in [0.05, 0.1) is 0 Å². The largest absolute Gasteiger partial charge is 0.313 e. The van der Waals surface area contributed by atoms with E-state index < -0.39 is 0 Å². The van der Waals surface area contributed by atoms with Crippen molar-refractivity contribution in [2.45, 2.75) is 12.5 Å². The summed E-state index contributed by atoms with van der Waals surface area (Å²) in [6.07, 6.45) is 0.704. The van der Waals surface area contributed by atoms with Crippen LogP contribution in [0.2, 0.25) is 15.1 Å². The minimum atomic E-state index is 0.0963. The molecule has 0 amide bonds. The molecule has 2 aromatic carbocycles. The first kappa shape index (κ1) is 16.1. The molecule has 2 aromatic rings. The number of rotatable bonds is 4. The van der Waals surface area contributed by atoms with Crippen molar-refractivity contribution in [2.75, 3.05) is 7.05 Å². The first-order valence-corrected chi connectivity index (χ1v) is 8.00. The zero-order valence-electron chi connectivity index (χ0n) is 10.8.